The zero-order valence-corrected chi connectivity index (χ0v) is 15.5. The maximum absolute atomic E-state index is 2.48. The molecule has 4 heteroatoms. The van der Waals surface area contributed by atoms with Crippen molar-refractivity contribution >= 4 is 16.5 Å². The van der Waals surface area contributed by atoms with Crippen LogP contribution in [0.1, 0.15) is 26.7 Å². The Labute approximate surface area is 148 Å². The molecule has 0 saturated heterocycles. The normalized spacial score (nSPS) is 9.16. The van der Waals surface area contributed by atoms with Crippen molar-refractivity contribution in [2.45, 2.75) is 26.7 Å². The topological polar surface area (TPSA) is 3.24 Å². The summed E-state index contributed by atoms with van der Waals surface area (Å²) in [7, 11) is 0. The molecule has 0 aliphatic heterocycles. The van der Waals surface area contributed by atoms with Crippen LogP contribution in [0.2, 0.25) is 0 Å². The molecular formula is C15H20Cl2NZr. The third kappa shape index (κ3) is 5.54. The second kappa shape index (κ2) is 10.8. The first kappa shape index (κ1) is 21.4. The third-order valence-corrected chi connectivity index (χ3v) is 2.97. The van der Waals surface area contributed by atoms with Crippen LogP contribution in [-0.2, 0) is 26.2 Å². The summed E-state index contributed by atoms with van der Waals surface area (Å²) in [5.74, 6) is 0. The summed E-state index contributed by atoms with van der Waals surface area (Å²) in [6.45, 7) is 6.79. The summed E-state index contributed by atoms with van der Waals surface area (Å²) >= 11 is 0. The molecule has 0 fully saturated rings. The van der Waals surface area contributed by atoms with Gasteiger partial charge in [0, 0.05) is 13.1 Å². The van der Waals surface area contributed by atoms with E-state index >= 15 is 0 Å². The van der Waals surface area contributed by atoms with Crippen molar-refractivity contribution in [3.8, 4) is 0 Å². The smallest absolute Gasteiger partial charge is 1.00 e. The Morgan fingerprint density at radius 3 is 2.21 bits per heavy atom. The predicted octanol–water partition coefficient (Wildman–Crippen LogP) is -1.81. The zero-order chi connectivity index (χ0) is 11.4. The maximum Gasteiger partial charge on any atom is 3.00 e. The molecule has 0 aliphatic rings. The van der Waals surface area contributed by atoms with E-state index in [1.807, 2.05) is 0 Å². The minimum Gasteiger partial charge on any atom is -1.00 e. The van der Waals surface area contributed by atoms with Crippen LogP contribution in [0.5, 0.6) is 0 Å². The second-order valence-corrected chi connectivity index (χ2v) is 4.33. The van der Waals surface area contributed by atoms with E-state index in [0.717, 1.165) is 13.1 Å². The Bertz CT molecular complexity index is 450. The summed E-state index contributed by atoms with van der Waals surface area (Å²) < 4.78 is 0. The monoisotopic (exact) mass is 374 g/mol. The van der Waals surface area contributed by atoms with Gasteiger partial charge in [-0.05, 0) is 18.5 Å². The fraction of sp³-hybridized carbons (Fsp3) is 0.400. The van der Waals surface area contributed by atoms with Gasteiger partial charge < -0.3 is 29.7 Å². The molecule has 0 amide bonds. The van der Waals surface area contributed by atoms with Crippen molar-refractivity contribution in [2.75, 3.05) is 18.0 Å². The molecule has 0 unspecified atom stereocenters. The quantitative estimate of drug-likeness (QED) is 0.556. The average Bonchev–Trinajstić information content (AvgIpc) is 2.75. The number of benzene rings is 1. The Balaban J connectivity index is 0. The van der Waals surface area contributed by atoms with Crippen LogP contribution in [-0.4, -0.2) is 13.1 Å². The molecule has 2 aromatic rings. The van der Waals surface area contributed by atoms with Crippen molar-refractivity contribution in [1.29, 1.82) is 0 Å². The fourth-order valence-electron chi connectivity index (χ4n) is 2.22. The van der Waals surface area contributed by atoms with E-state index in [4.69, 9.17) is 0 Å². The summed E-state index contributed by atoms with van der Waals surface area (Å²) in [6, 6.07) is 13.3. The summed E-state index contributed by atoms with van der Waals surface area (Å²) in [5.41, 5.74) is 1.36. The molecule has 1 radical (unpaired) electrons. The summed E-state index contributed by atoms with van der Waals surface area (Å²) in [4.78, 5) is 2.48. The molecule has 0 spiro atoms. The number of rotatable bonds is 5. The summed E-state index contributed by atoms with van der Waals surface area (Å²) in [5, 5.41) is 2.70. The van der Waals surface area contributed by atoms with E-state index in [1.165, 1.54) is 29.3 Å². The van der Waals surface area contributed by atoms with Gasteiger partial charge in [-0.25, -0.2) is 0 Å². The van der Waals surface area contributed by atoms with Gasteiger partial charge in [-0.3, -0.25) is 0 Å². The van der Waals surface area contributed by atoms with Crippen LogP contribution in [0.4, 0.5) is 5.69 Å². The van der Waals surface area contributed by atoms with Crippen molar-refractivity contribution < 1.29 is 51.0 Å². The van der Waals surface area contributed by atoms with Gasteiger partial charge in [0.2, 0.25) is 0 Å². The molecule has 1 nitrogen and oxygen atoms in total. The first-order valence-corrected chi connectivity index (χ1v) is 6.25. The van der Waals surface area contributed by atoms with Crippen LogP contribution in [0.3, 0.4) is 0 Å². The molecule has 0 bridgehead atoms. The zero-order valence-electron chi connectivity index (χ0n) is 11.5. The van der Waals surface area contributed by atoms with E-state index in [9.17, 15) is 0 Å². The van der Waals surface area contributed by atoms with Gasteiger partial charge in [-0.1, -0.05) is 19.9 Å². The van der Waals surface area contributed by atoms with Gasteiger partial charge in [-0.15, -0.1) is 29.0 Å². The fourth-order valence-corrected chi connectivity index (χ4v) is 2.22. The van der Waals surface area contributed by atoms with E-state index in [-0.39, 0.29) is 51.0 Å². The first-order valence-electron chi connectivity index (χ1n) is 6.25. The van der Waals surface area contributed by atoms with Crippen LogP contribution < -0.4 is 29.7 Å². The Kier molecular flexibility index (Phi) is 12.2. The van der Waals surface area contributed by atoms with Crippen LogP contribution in [0.25, 0.3) is 10.8 Å². The van der Waals surface area contributed by atoms with Gasteiger partial charge in [0.25, 0.3) is 0 Å². The molecular weight excluding hydrogens is 356 g/mol. The Morgan fingerprint density at radius 1 is 1.00 bits per heavy atom. The van der Waals surface area contributed by atoms with Crippen molar-refractivity contribution in [1.82, 2.24) is 0 Å². The third-order valence-electron chi connectivity index (χ3n) is 2.97. The van der Waals surface area contributed by atoms with E-state index in [1.54, 1.807) is 0 Å². The number of hydrogen-bond acceptors (Lipinski definition) is 1. The minimum absolute atomic E-state index is 0. The molecule has 19 heavy (non-hydrogen) atoms. The SMILES string of the molecule is CCCN(CCC)c1ccc2cc[cH-]c2c1.[Cl-].[Cl-].[Zr+3]. The van der Waals surface area contributed by atoms with Crippen LogP contribution >= 0.6 is 0 Å². The Hall–Kier alpha value is 0.0931. The number of fused-ring (bicyclic) bond motifs is 1. The van der Waals surface area contributed by atoms with E-state index in [0.29, 0.717) is 0 Å². The molecule has 0 heterocycles. The number of anilines is 1. The number of hydrogen-bond donors (Lipinski definition) is 0. The molecule has 0 aromatic heterocycles. The van der Waals surface area contributed by atoms with E-state index < -0.39 is 0 Å². The molecule has 2 rings (SSSR count). The predicted molar refractivity (Wildman–Crippen MR) is 72.3 cm³/mol. The molecule has 0 atom stereocenters. The van der Waals surface area contributed by atoms with Crippen molar-refractivity contribution in [3.63, 3.8) is 0 Å². The van der Waals surface area contributed by atoms with Crippen LogP contribution in [0.15, 0.2) is 36.4 Å². The average molecular weight is 376 g/mol. The van der Waals surface area contributed by atoms with Crippen molar-refractivity contribution in [3.05, 3.63) is 36.4 Å². The van der Waals surface area contributed by atoms with Crippen LogP contribution in [0, 0.1) is 0 Å². The number of halogens is 2. The molecule has 103 valence electrons. The molecule has 2 aromatic carbocycles. The first-order chi connectivity index (χ1) is 7.85. The largest absolute Gasteiger partial charge is 3.00 e. The van der Waals surface area contributed by atoms with Gasteiger partial charge in [0.05, 0.1) is 0 Å². The number of nitrogens with zero attached hydrogens (tertiary/aromatic N) is 1. The van der Waals surface area contributed by atoms with Gasteiger partial charge in [0.15, 0.2) is 0 Å². The van der Waals surface area contributed by atoms with Gasteiger partial charge in [-0.2, -0.15) is 12.1 Å². The van der Waals surface area contributed by atoms with Gasteiger partial charge in [0.1, 0.15) is 0 Å². The van der Waals surface area contributed by atoms with E-state index in [2.05, 4.69) is 55.1 Å². The second-order valence-electron chi connectivity index (χ2n) is 4.33. The van der Waals surface area contributed by atoms with Crippen molar-refractivity contribution in [2.24, 2.45) is 0 Å². The maximum atomic E-state index is 2.48. The summed E-state index contributed by atoms with van der Waals surface area (Å²) in [6.07, 6.45) is 2.41. The minimum atomic E-state index is 0. The molecule has 0 saturated carbocycles. The molecule has 0 N–H and O–H groups in total. The molecule has 0 aliphatic carbocycles. The van der Waals surface area contributed by atoms with Gasteiger partial charge >= 0.3 is 26.2 Å². The Morgan fingerprint density at radius 2 is 1.63 bits per heavy atom. The standard InChI is InChI=1S/C15H20N.2ClH.Zr/c1-3-10-16(11-4-2)15-9-8-13-6-5-7-14(13)12-15;;;/h5-9,12H,3-4,10-11H2,1-2H3;2*1H;/q-1;;;+3/p-2.